The zero-order chi connectivity index (χ0) is 16.2. The number of ether oxygens (including phenoxy) is 1. The molecule has 0 heterocycles. The van der Waals surface area contributed by atoms with Gasteiger partial charge < -0.3 is 10.1 Å². The highest BCUT2D eigenvalue weighted by Gasteiger charge is 2.46. The molecular weight excluding hydrogens is 280 g/mol. The first-order valence-electron chi connectivity index (χ1n) is 8.57. The van der Waals surface area contributed by atoms with Crippen molar-refractivity contribution in [3.63, 3.8) is 0 Å². The van der Waals surface area contributed by atoms with Gasteiger partial charge in [0.15, 0.2) is 0 Å². The van der Waals surface area contributed by atoms with Gasteiger partial charge in [0, 0.05) is 6.04 Å². The molecule has 0 saturated heterocycles. The lowest BCUT2D eigenvalue weighted by Crippen LogP contribution is -2.55. The molecule has 0 unspecified atom stereocenters. The fourth-order valence-corrected chi connectivity index (χ4v) is 3.94. The molecule has 2 rings (SSSR count). The molecule has 0 bridgehead atoms. The van der Waals surface area contributed by atoms with Gasteiger partial charge in [-0.1, -0.05) is 19.8 Å². The highest BCUT2D eigenvalue weighted by molar-refractivity contribution is 5.83. The third-order valence-electron chi connectivity index (χ3n) is 5.49. The second kappa shape index (κ2) is 7.44. The Morgan fingerprint density at radius 2 is 1.77 bits per heavy atom. The van der Waals surface area contributed by atoms with Gasteiger partial charge in [0.25, 0.3) is 0 Å². The van der Waals surface area contributed by atoms with Crippen LogP contribution in [0.25, 0.3) is 0 Å². The summed E-state index contributed by atoms with van der Waals surface area (Å²) in [6.07, 6.45) is 8.11. The van der Waals surface area contributed by atoms with Crippen LogP contribution in [-0.2, 0) is 14.3 Å². The zero-order valence-electron chi connectivity index (χ0n) is 14.2. The van der Waals surface area contributed by atoms with Crippen LogP contribution in [0.1, 0.15) is 58.3 Å². The molecule has 0 aliphatic heterocycles. The van der Waals surface area contributed by atoms with E-state index in [2.05, 4.69) is 12.2 Å². The molecule has 1 amide bonds. The molecule has 2 aliphatic carbocycles. The van der Waals surface area contributed by atoms with Crippen LogP contribution in [0, 0.1) is 5.92 Å². The summed E-state index contributed by atoms with van der Waals surface area (Å²) in [5.41, 5.74) is -0.604. The molecular formula is C17H30N2O3. The van der Waals surface area contributed by atoms with Crippen molar-refractivity contribution in [3.05, 3.63) is 0 Å². The van der Waals surface area contributed by atoms with Gasteiger partial charge in [-0.25, -0.2) is 0 Å². The summed E-state index contributed by atoms with van der Waals surface area (Å²) in [5, 5.41) is 3.14. The van der Waals surface area contributed by atoms with Gasteiger partial charge in [-0.05, 0) is 51.5 Å². The van der Waals surface area contributed by atoms with E-state index in [1.807, 2.05) is 11.9 Å². The number of carbonyl (C=O) groups excluding carboxylic acids is 2. The molecule has 5 nitrogen and oxygen atoms in total. The number of hydrogen-bond acceptors (Lipinski definition) is 4. The van der Waals surface area contributed by atoms with Crippen molar-refractivity contribution >= 4 is 11.9 Å². The van der Waals surface area contributed by atoms with Crippen LogP contribution < -0.4 is 5.32 Å². The van der Waals surface area contributed by atoms with Gasteiger partial charge >= 0.3 is 5.97 Å². The maximum atomic E-state index is 12.3. The summed E-state index contributed by atoms with van der Waals surface area (Å²) in [6, 6.07) is 0.301. The normalized spacial score (nSPS) is 27.6. The van der Waals surface area contributed by atoms with Crippen molar-refractivity contribution in [2.24, 2.45) is 5.92 Å². The Bertz CT molecular complexity index is 397. The highest BCUT2D eigenvalue weighted by atomic mass is 16.5. The lowest BCUT2D eigenvalue weighted by Gasteiger charge is -2.36. The Kier molecular flexibility index (Phi) is 5.84. The van der Waals surface area contributed by atoms with Crippen LogP contribution in [0.2, 0.25) is 0 Å². The molecule has 22 heavy (non-hydrogen) atoms. The first-order chi connectivity index (χ1) is 10.5. The van der Waals surface area contributed by atoms with E-state index in [9.17, 15) is 9.59 Å². The van der Waals surface area contributed by atoms with E-state index in [0.717, 1.165) is 44.4 Å². The standard InChI is InChI=1S/C17H30N2O3/c1-13-6-8-14(9-7-13)18-15(20)12-19(2)17(16(21)22-3)10-4-5-11-17/h13-14H,4-12H2,1-3H3,(H,18,20). The topological polar surface area (TPSA) is 58.6 Å². The van der Waals surface area contributed by atoms with Crippen LogP contribution in [0.5, 0.6) is 0 Å². The van der Waals surface area contributed by atoms with Crippen molar-refractivity contribution in [1.29, 1.82) is 0 Å². The number of carbonyl (C=O) groups is 2. The molecule has 0 spiro atoms. The molecule has 0 aromatic carbocycles. The van der Waals surface area contributed by atoms with E-state index in [0.29, 0.717) is 6.04 Å². The average molecular weight is 310 g/mol. The molecule has 2 fully saturated rings. The SMILES string of the molecule is COC(=O)C1(N(C)CC(=O)NC2CCC(C)CC2)CCCC1. The van der Waals surface area contributed by atoms with E-state index >= 15 is 0 Å². The van der Waals surface area contributed by atoms with Gasteiger partial charge in [0.05, 0.1) is 13.7 Å². The summed E-state index contributed by atoms with van der Waals surface area (Å²) in [5.74, 6) is 0.598. The van der Waals surface area contributed by atoms with Crippen molar-refractivity contribution in [1.82, 2.24) is 10.2 Å². The third-order valence-corrected chi connectivity index (χ3v) is 5.49. The number of nitrogens with one attached hydrogen (secondary N) is 1. The maximum absolute atomic E-state index is 12.3. The number of methoxy groups -OCH3 is 1. The van der Waals surface area contributed by atoms with Crippen LogP contribution >= 0.6 is 0 Å². The fraction of sp³-hybridized carbons (Fsp3) is 0.882. The zero-order valence-corrected chi connectivity index (χ0v) is 14.2. The Labute approximate surface area is 133 Å². The molecule has 2 aliphatic rings. The number of likely N-dealkylation sites (N-methyl/N-ethyl adjacent to an activating group) is 1. The summed E-state index contributed by atoms with van der Waals surface area (Å²) in [7, 11) is 3.30. The van der Waals surface area contributed by atoms with E-state index in [1.165, 1.54) is 20.0 Å². The predicted octanol–water partition coefficient (Wildman–Crippen LogP) is 2.10. The molecule has 2 saturated carbocycles. The maximum Gasteiger partial charge on any atom is 0.326 e. The van der Waals surface area contributed by atoms with E-state index in [-0.39, 0.29) is 18.4 Å². The molecule has 5 heteroatoms. The Hall–Kier alpha value is -1.10. The smallest absolute Gasteiger partial charge is 0.326 e. The van der Waals surface area contributed by atoms with E-state index < -0.39 is 5.54 Å². The van der Waals surface area contributed by atoms with Crippen LogP contribution in [0.3, 0.4) is 0 Å². The largest absolute Gasteiger partial charge is 0.468 e. The number of nitrogens with zero attached hydrogens (tertiary/aromatic N) is 1. The number of hydrogen-bond donors (Lipinski definition) is 1. The first-order valence-corrected chi connectivity index (χ1v) is 8.57. The lowest BCUT2D eigenvalue weighted by atomic mass is 9.87. The second-order valence-electron chi connectivity index (χ2n) is 7.11. The molecule has 0 aromatic rings. The monoisotopic (exact) mass is 310 g/mol. The van der Waals surface area contributed by atoms with Gasteiger partial charge in [-0.3, -0.25) is 14.5 Å². The highest BCUT2D eigenvalue weighted by Crippen LogP contribution is 2.35. The number of amides is 1. The molecule has 126 valence electrons. The number of rotatable bonds is 5. The Morgan fingerprint density at radius 3 is 2.32 bits per heavy atom. The average Bonchev–Trinajstić information content (AvgIpc) is 2.99. The van der Waals surface area contributed by atoms with Crippen molar-refractivity contribution in [2.75, 3.05) is 20.7 Å². The summed E-state index contributed by atoms with van der Waals surface area (Å²) in [6.45, 7) is 2.53. The summed E-state index contributed by atoms with van der Waals surface area (Å²) >= 11 is 0. The fourth-order valence-electron chi connectivity index (χ4n) is 3.94. The van der Waals surface area contributed by atoms with Crippen LogP contribution in [0.4, 0.5) is 0 Å². The minimum Gasteiger partial charge on any atom is -0.468 e. The minimum atomic E-state index is -0.604. The van der Waals surface area contributed by atoms with Crippen molar-refractivity contribution < 1.29 is 14.3 Å². The molecule has 0 aromatic heterocycles. The molecule has 1 N–H and O–H groups in total. The van der Waals surface area contributed by atoms with Crippen molar-refractivity contribution in [2.45, 2.75) is 69.9 Å². The van der Waals surface area contributed by atoms with Gasteiger partial charge in [-0.15, -0.1) is 0 Å². The summed E-state index contributed by atoms with van der Waals surface area (Å²) < 4.78 is 4.99. The Balaban J connectivity index is 1.88. The third kappa shape index (κ3) is 3.80. The predicted molar refractivity (Wildman–Crippen MR) is 85.4 cm³/mol. The molecule has 0 atom stereocenters. The lowest BCUT2D eigenvalue weighted by molar-refractivity contribution is -0.154. The second-order valence-corrected chi connectivity index (χ2v) is 7.11. The van der Waals surface area contributed by atoms with Gasteiger partial charge in [-0.2, -0.15) is 0 Å². The van der Waals surface area contributed by atoms with E-state index in [4.69, 9.17) is 4.74 Å². The number of esters is 1. The quantitative estimate of drug-likeness (QED) is 0.790. The van der Waals surface area contributed by atoms with E-state index in [1.54, 1.807) is 0 Å². The van der Waals surface area contributed by atoms with Crippen LogP contribution in [-0.4, -0.2) is 49.1 Å². The van der Waals surface area contributed by atoms with Crippen LogP contribution in [0.15, 0.2) is 0 Å². The summed E-state index contributed by atoms with van der Waals surface area (Å²) in [4.78, 5) is 26.4. The van der Waals surface area contributed by atoms with Crippen molar-refractivity contribution in [3.8, 4) is 0 Å². The molecule has 0 radical (unpaired) electrons. The Morgan fingerprint density at radius 1 is 1.18 bits per heavy atom. The minimum absolute atomic E-state index is 0.0252. The first kappa shape index (κ1) is 17.3. The van der Waals surface area contributed by atoms with Gasteiger partial charge in [0.2, 0.25) is 5.91 Å². The van der Waals surface area contributed by atoms with Gasteiger partial charge in [0.1, 0.15) is 5.54 Å².